The zero-order valence-corrected chi connectivity index (χ0v) is 10.7. The van der Waals surface area contributed by atoms with E-state index in [1.54, 1.807) is 0 Å². The quantitative estimate of drug-likeness (QED) is 0.556. The summed E-state index contributed by atoms with van der Waals surface area (Å²) < 4.78 is 0. The van der Waals surface area contributed by atoms with Crippen molar-refractivity contribution < 1.29 is 4.79 Å². The van der Waals surface area contributed by atoms with Crippen LogP contribution in [0.25, 0.3) is 0 Å². The molecule has 0 aromatic heterocycles. The van der Waals surface area contributed by atoms with Gasteiger partial charge in [0.05, 0.1) is 8.07 Å². The van der Waals surface area contributed by atoms with Crippen molar-refractivity contribution >= 4 is 13.9 Å². The van der Waals surface area contributed by atoms with Crippen molar-refractivity contribution in [2.45, 2.75) is 26.1 Å². The first kappa shape index (κ1) is 11.9. The second-order valence-electron chi connectivity index (χ2n) is 4.82. The highest BCUT2D eigenvalue weighted by Gasteiger charge is 2.20. The van der Waals surface area contributed by atoms with Gasteiger partial charge in [0.15, 0.2) is 5.78 Å². The average Bonchev–Trinajstić information content (AvgIpc) is 2.17. The van der Waals surface area contributed by atoms with Crippen LogP contribution in [0.4, 0.5) is 0 Å². The van der Waals surface area contributed by atoms with E-state index in [-0.39, 0.29) is 5.78 Å². The van der Waals surface area contributed by atoms with Crippen molar-refractivity contribution in [2.24, 2.45) is 0 Å². The Morgan fingerprint density at radius 3 is 2.20 bits per heavy atom. The number of rotatable bonds is 4. The molecule has 0 saturated heterocycles. The summed E-state index contributed by atoms with van der Waals surface area (Å²) in [7, 11) is -1.37. The predicted molar refractivity (Wildman–Crippen MR) is 67.9 cm³/mol. The Hall–Kier alpha value is -1.15. The fourth-order valence-corrected chi connectivity index (χ4v) is 1.88. The van der Waals surface area contributed by atoms with Crippen molar-refractivity contribution in [1.29, 1.82) is 0 Å². The van der Waals surface area contributed by atoms with Gasteiger partial charge in [-0.05, 0) is 0 Å². The first-order valence-electron chi connectivity index (χ1n) is 5.18. The third-order valence-electron chi connectivity index (χ3n) is 2.53. The molecule has 0 atom stereocenters. The van der Waals surface area contributed by atoms with E-state index < -0.39 is 8.07 Å². The van der Waals surface area contributed by atoms with Crippen LogP contribution in [0.5, 0.6) is 0 Å². The van der Waals surface area contributed by atoms with Gasteiger partial charge < -0.3 is 0 Å². The van der Waals surface area contributed by atoms with Crippen LogP contribution >= 0.6 is 0 Å². The summed E-state index contributed by atoms with van der Waals surface area (Å²) in [5.41, 5.74) is 0.789. The van der Waals surface area contributed by atoms with Crippen LogP contribution in [0.2, 0.25) is 19.6 Å². The van der Waals surface area contributed by atoms with E-state index >= 15 is 0 Å². The molecule has 0 bridgehead atoms. The molecule has 0 fully saturated rings. The molecule has 0 spiro atoms. The molecule has 0 amide bonds. The van der Waals surface area contributed by atoms with E-state index in [0.717, 1.165) is 10.8 Å². The van der Waals surface area contributed by atoms with Gasteiger partial charge in [0, 0.05) is 12.0 Å². The SMILES string of the molecule is C=C(CC(=O)c1ccccc1)[Si](C)(C)C. The lowest BCUT2D eigenvalue weighted by atomic mass is 10.1. The predicted octanol–water partition coefficient (Wildman–Crippen LogP) is 3.69. The van der Waals surface area contributed by atoms with E-state index in [0.29, 0.717) is 6.42 Å². The number of benzene rings is 1. The molecule has 15 heavy (non-hydrogen) atoms. The van der Waals surface area contributed by atoms with Gasteiger partial charge in [0.1, 0.15) is 0 Å². The Kier molecular flexibility index (Phi) is 3.64. The van der Waals surface area contributed by atoms with Crippen LogP contribution in [0, 0.1) is 0 Å². The fourth-order valence-electron chi connectivity index (χ4n) is 1.19. The van der Waals surface area contributed by atoms with Gasteiger partial charge >= 0.3 is 0 Å². The molecule has 0 saturated carbocycles. The van der Waals surface area contributed by atoms with E-state index in [1.165, 1.54) is 0 Å². The second kappa shape index (κ2) is 4.58. The Labute approximate surface area is 92.8 Å². The number of allylic oxidation sites excluding steroid dienone is 1. The van der Waals surface area contributed by atoms with Gasteiger partial charge in [0.25, 0.3) is 0 Å². The molecular weight excluding hydrogens is 200 g/mol. The third kappa shape index (κ3) is 3.48. The number of ketones is 1. The Balaban J connectivity index is 2.70. The van der Waals surface area contributed by atoms with Gasteiger partial charge in [-0.3, -0.25) is 4.79 Å². The molecule has 1 aromatic rings. The fraction of sp³-hybridized carbons (Fsp3) is 0.308. The largest absolute Gasteiger partial charge is 0.294 e. The molecule has 0 radical (unpaired) electrons. The number of hydrogen-bond donors (Lipinski definition) is 0. The summed E-state index contributed by atoms with van der Waals surface area (Å²) in [5, 5.41) is 1.12. The first-order valence-corrected chi connectivity index (χ1v) is 8.68. The lowest BCUT2D eigenvalue weighted by Gasteiger charge is -2.18. The zero-order valence-electron chi connectivity index (χ0n) is 9.71. The van der Waals surface area contributed by atoms with Crippen molar-refractivity contribution in [3.05, 3.63) is 47.7 Å². The Morgan fingerprint density at radius 2 is 1.73 bits per heavy atom. The third-order valence-corrected chi connectivity index (χ3v) is 4.83. The molecular formula is C13H18OSi. The molecule has 0 unspecified atom stereocenters. The van der Waals surface area contributed by atoms with Gasteiger partial charge in [-0.2, -0.15) is 0 Å². The molecule has 1 aromatic carbocycles. The summed E-state index contributed by atoms with van der Waals surface area (Å²) >= 11 is 0. The summed E-state index contributed by atoms with van der Waals surface area (Å²) in [6.07, 6.45) is 0.500. The average molecular weight is 218 g/mol. The normalized spacial score (nSPS) is 11.1. The standard InChI is InChI=1S/C13H18OSi/c1-11(15(2,3)4)10-13(14)12-8-6-5-7-9-12/h5-9H,1,10H2,2-4H3. The molecule has 2 heteroatoms. The monoisotopic (exact) mass is 218 g/mol. The topological polar surface area (TPSA) is 17.1 Å². The lowest BCUT2D eigenvalue weighted by Crippen LogP contribution is -2.25. The maximum Gasteiger partial charge on any atom is 0.166 e. The zero-order chi connectivity index (χ0) is 11.5. The van der Waals surface area contributed by atoms with Crippen LogP contribution in [-0.2, 0) is 0 Å². The van der Waals surface area contributed by atoms with E-state index in [1.807, 2.05) is 30.3 Å². The maximum atomic E-state index is 11.9. The minimum Gasteiger partial charge on any atom is -0.294 e. The summed E-state index contributed by atoms with van der Waals surface area (Å²) in [6, 6.07) is 9.43. The van der Waals surface area contributed by atoms with Crippen LogP contribution in [0.1, 0.15) is 16.8 Å². The summed E-state index contributed by atoms with van der Waals surface area (Å²) in [6.45, 7) is 10.7. The number of carbonyl (C=O) groups excluding carboxylic acids is 1. The Bertz CT molecular complexity index is 360. The number of hydrogen-bond acceptors (Lipinski definition) is 1. The van der Waals surface area contributed by atoms with E-state index in [4.69, 9.17) is 0 Å². The molecule has 1 rings (SSSR count). The molecule has 0 N–H and O–H groups in total. The highest BCUT2D eigenvalue weighted by atomic mass is 28.3. The summed E-state index contributed by atoms with van der Waals surface area (Å²) in [4.78, 5) is 11.9. The van der Waals surface area contributed by atoms with Crippen LogP contribution in [0.3, 0.4) is 0 Å². The molecule has 0 heterocycles. The van der Waals surface area contributed by atoms with Gasteiger partial charge in [-0.25, -0.2) is 0 Å². The van der Waals surface area contributed by atoms with Crippen LogP contribution in [-0.4, -0.2) is 13.9 Å². The van der Waals surface area contributed by atoms with Crippen molar-refractivity contribution in [1.82, 2.24) is 0 Å². The van der Waals surface area contributed by atoms with Crippen LogP contribution in [0.15, 0.2) is 42.1 Å². The van der Waals surface area contributed by atoms with E-state index in [9.17, 15) is 4.79 Å². The summed E-state index contributed by atoms with van der Waals surface area (Å²) in [5.74, 6) is 0.183. The van der Waals surface area contributed by atoms with Gasteiger partial charge in [-0.1, -0.05) is 55.2 Å². The molecule has 80 valence electrons. The smallest absolute Gasteiger partial charge is 0.166 e. The lowest BCUT2D eigenvalue weighted by molar-refractivity contribution is 0.0994. The second-order valence-corrected chi connectivity index (χ2v) is 10.0. The van der Waals surface area contributed by atoms with E-state index in [2.05, 4.69) is 26.2 Å². The van der Waals surface area contributed by atoms with Crippen LogP contribution < -0.4 is 0 Å². The molecule has 0 aliphatic carbocycles. The molecule has 1 nitrogen and oxygen atoms in total. The van der Waals surface area contributed by atoms with Crippen molar-refractivity contribution in [3.63, 3.8) is 0 Å². The highest BCUT2D eigenvalue weighted by molar-refractivity contribution is 6.83. The minimum atomic E-state index is -1.37. The van der Waals surface area contributed by atoms with Crippen molar-refractivity contribution in [2.75, 3.05) is 0 Å². The highest BCUT2D eigenvalue weighted by Crippen LogP contribution is 2.18. The molecule has 0 aliphatic rings. The maximum absolute atomic E-state index is 11.9. The van der Waals surface area contributed by atoms with Gasteiger partial charge in [-0.15, -0.1) is 6.58 Å². The number of carbonyl (C=O) groups is 1. The molecule has 0 aliphatic heterocycles. The first-order chi connectivity index (χ1) is 6.91. The number of Topliss-reactive ketones (excluding diaryl/α,β-unsaturated/α-hetero) is 1. The van der Waals surface area contributed by atoms with Gasteiger partial charge in [0.2, 0.25) is 0 Å². The minimum absolute atomic E-state index is 0.183. The van der Waals surface area contributed by atoms with Crippen molar-refractivity contribution in [3.8, 4) is 0 Å². The Morgan fingerprint density at radius 1 is 1.20 bits per heavy atom.